The van der Waals surface area contributed by atoms with Crippen LogP contribution in [0.15, 0.2) is 28.9 Å². The number of anilines is 2. The Morgan fingerprint density at radius 1 is 1.28 bits per heavy atom. The highest BCUT2D eigenvalue weighted by molar-refractivity contribution is 9.10. The highest BCUT2D eigenvalue weighted by Crippen LogP contribution is 2.22. The van der Waals surface area contributed by atoms with Crippen LogP contribution in [0.4, 0.5) is 20.3 Å². The molecule has 0 amide bonds. The predicted molar refractivity (Wildman–Crippen MR) is 68.8 cm³/mol. The molecule has 0 spiro atoms. The van der Waals surface area contributed by atoms with Crippen LogP contribution in [-0.2, 0) is 6.42 Å². The Hall–Kier alpha value is -1.56. The van der Waals surface area contributed by atoms with E-state index in [0.29, 0.717) is 22.7 Å². The summed E-state index contributed by atoms with van der Waals surface area (Å²) in [5, 5.41) is 2.73. The van der Waals surface area contributed by atoms with Crippen molar-refractivity contribution in [1.29, 1.82) is 0 Å². The SMILES string of the molecule is CCc1nc(Br)cc(Nc2cccc(F)c2F)n1. The second kappa shape index (κ2) is 5.39. The molecule has 3 nitrogen and oxygen atoms in total. The lowest BCUT2D eigenvalue weighted by Gasteiger charge is -2.08. The quantitative estimate of drug-likeness (QED) is 0.875. The lowest BCUT2D eigenvalue weighted by atomic mass is 10.3. The third-order valence-electron chi connectivity index (χ3n) is 2.27. The van der Waals surface area contributed by atoms with Crippen molar-refractivity contribution in [1.82, 2.24) is 9.97 Å². The van der Waals surface area contributed by atoms with Gasteiger partial charge in [0.05, 0.1) is 5.69 Å². The van der Waals surface area contributed by atoms with E-state index in [1.807, 2.05) is 6.92 Å². The van der Waals surface area contributed by atoms with Crippen molar-refractivity contribution in [3.05, 3.63) is 46.3 Å². The van der Waals surface area contributed by atoms with Gasteiger partial charge in [-0.15, -0.1) is 0 Å². The van der Waals surface area contributed by atoms with E-state index in [0.717, 1.165) is 6.07 Å². The molecule has 0 atom stereocenters. The van der Waals surface area contributed by atoms with Gasteiger partial charge in [0.15, 0.2) is 11.6 Å². The van der Waals surface area contributed by atoms with Crippen molar-refractivity contribution >= 4 is 27.4 Å². The first kappa shape index (κ1) is 12.9. The highest BCUT2D eigenvalue weighted by Gasteiger charge is 2.09. The van der Waals surface area contributed by atoms with Gasteiger partial charge in [-0.2, -0.15) is 0 Å². The van der Waals surface area contributed by atoms with Crippen LogP contribution >= 0.6 is 15.9 Å². The maximum absolute atomic E-state index is 13.5. The summed E-state index contributed by atoms with van der Waals surface area (Å²) in [6.45, 7) is 1.91. The van der Waals surface area contributed by atoms with Gasteiger partial charge in [0, 0.05) is 12.5 Å². The number of aryl methyl sites for hydroxylation is 1. The molecule has 1 N–H and O–H groups in total. The zero-order chi connectivity index (χ0) is 13.1. The van der Waals surface area contributed by atoms with E-state index in [1.54, 1.807) is 6.07 Å². The smallest absolute Gasteiger partial charge is 0.182 e. The minimum absolute atomic E-state index is 0.0441. The molecule has 1 heterocycles. The predicted octanol–water partition coefficient (Wildman–Crippen LogP) is 3.82. The second-order valence-electron chi connectivity index (χ2n) is 3.57. The number of rotatable bonds is 3. The van der Waals surface area contributed by atoms with Gasteiger partial charge in [-0.05, 0) is 28.1 Å². The average molecular weight is 314 g/mol. The van der Waals surface area contributed by atoms with E-state index in [9.17, 15) is 8.78 Å². The van der Waals surface area contributed by atoms with Gasteiger partial charge in [-0.3, -0.25) is 0 Å². The summed E-state index contributed by atoms with van der Waals surface area (Å²) >= 11 is 3.24. The third-order valence-corrected chi connectivity index (χ3v) is 2.68. The Kier molecular flexibility index (Phi) is 3.86. The van der Waals surface area contributed by atoms with E-state index in [-0.39, 0.29) is 5.69 Å². The molecule has 2 rings (SSSR count). The van der Waals surface area contributed by atoms with Crippen molar-refractivity contribution < 1.29 is 8.78 Å². The third kappa shape index (κ3) is 2.81. The fourth-order valence-electron chi connectivity index (χ4n) is 1.43. The molecule has 0 unspecified atom stereocenters. The highest BCUT2D eigenvalue weighted by atomic mass is 79.9. The van der Waals surface area contributed by atoms with Gasteiger partial charge in [0.25, 0.3) is 0 Å². The number of aromatic nitrogens is 2. The van der Waals surface area contributed by atoms with Crippen LogP contribution in [0, 0.1) is 11.6 Å². The molecule has 2 aromatic rings. The van der Waals surface area contributed by atoms with Crippen LogP contribution in [0.5, 0.6) is 0 Å². The van der Waals surface area contributed by atoms with Gasteiger partial charge in [-0.25, -0.2) is 18.7 Å². The van der Waals surface area contributed by atoms with E-state index < -0.39 is 11.6 Å². The maximum Gasteiger partial charge on any atom is 0.182 e. The number of nitrogens with one attached hydrogen (secondary N) is 1. The maximum atomic E-state index is 13.5. The van der Waals surface area contributed by atoms with E-state index >= 15 is 0 Å². The Morgan fingerprint density at radius 3 is 2.78 bits per heavy atom. The van der Waals surface area contributed by atoms with E-state index in [2.05, 4.69) is 31.2 Å². The Morgan fingerprint density at radius 2 is 2.06 bits per heavy atom. The Balaban J connectivity index is 2.34. The molecule has 0 aliphatic heterocycles. The normalized spacial score (nSPS) is 10.4. The van der Waals surface area contributed by atoms with Crippen LogP contribution in [0.25, 0.3) is 0 Å². The largest absolute Gasteiger partial charge is 0.338 e. The molecular weight excluding hydrogens is 304 g/mol. The van der Waals surface area contributed by atoms with Crippen molar-refractivity contribution in [2.75, 3.05) is 5.32 Å². The van der Waals surface area contributed by atoms with Crippen molar-refractivity contribution in [2.24, 2.45) is 0 Å². The molecule has 6 heteroatoms. The number of hydrogen-bond donors (Lipinski definition) is 1. The van der Waals surface area contributed by atoms with E-state index in [1.165, 1.54) is 12.1 Å². The molecule has 94 valence electrons. The summed E-state index contributed by atoms with van der Waals surface area (Å²) in [5.74, 6) is -0.795. The van der Waals surface area contributed by atoms with Crippen molar-refractivity contribution in [3.8, 4) is 0 Å². The van der Waals surface area contributed by atoms with Gasteiger partial charge < -0.3 is 5.32 Å². The van der Waals surface area contributed by atoms with Crippen molar-refractivity contribution in [2.45, 2.75) is 13.3 Å². The fourth-order valence-corrected chi connectivity index (χ4v) is 1.85. The van der Waals surface area contributed by atoms with Gasteiger partial charge in [-0.1, -0.05) is 13.0 Å². The Bertz CT molecular complexity index is 575. The van der Waals surface area contributed by atoms with Gasteiger partial charge in [0.1, 0.15) is 16.2 Å². The molecule has 18 heavy (non-hydrogen) atoms. The standard InChI is InChI=1S/C12H10BrF2N3/c1-2-10-17-9(13)6-11(18-10)16-8-5-3-4-7(14)12(8)15/h3-6H,2H2,1H3,(H,16,17,18). The summed E-state index contributed by atoms with van der Waals surface area (Å²) < 4.78 is 27.1. The minimum atomic E-state index is -0.926. The van der Waals surface area contributed by atoms with Crippen LogP contribution < -0.4 is 5.32 Å². The molecule has 1 aromatic carbocycles. The lowest BCUT2D eigenvalue weighted by Crippen LogP contribution is -2.01. The molecule has 0 aliphatic carbocycles. The monoisotopic (exact) mass is 313 g/mol. The van der Waals surface area contributed by atoms with Crippen molar-refractivity contribution in [3.63, 3.8) is 0 Å². The van der Waals surface area contributed by atoms with E-state index in [4.69, 9.17) is 0 Å². The first-order valence-electron chi connectivity index (χ1n) is 5.34. The number of hydrogen-bond acceptors (Lipinski definition) is 3. The van der Waals surface area contributed by atoms with Crippen LogP contribution in [0.1, 0.15) is 12.7 Å². The fraction of sp³-hybridized carbons (Fsp3) is 0.167. The zero-order valence-corrected chi connectivity index (χ0v) is 11.1. The average Bonchev–Trinajstić information content (AvgIpc) is 2.34. The molecule has 0 saturated carbocycles. The molecule has 0 fully saturated rings. The van der Waals surface area contributed by atoms with Crippen LogP contribution in [-0.4, -0.2) is 9.97 Å². The topological polar surface area (TPSA) is 37.8 Å². The molecule has 0 radical (unpaired) electrons. The summed E-state index contributed by atoms with van der Waals surface area (Å²) in [6, 6.07) is 5.54. The van der Waals surface area contributed by atoms with Crippen LogP contribution in [0.3, 0.4) is 0 Å². The minimum Gasteiger partial charge on any atom is -0.338 e. The summed E-state index contributed by atoms with van der Waals surface area (Å²) in [5.41, 5.74) is 0.0441. The number of nitrogens with zero attached hydrogens (tertiary/aromatic N) is 2. The Labute approximate surface area is 111 Å². The summed E-state index contributed by atoms with van der Waals surface area (Å²) in [4.78, 5) is 8.31. The molecule has 0 saturated heterocycles. The second-order valence-corrected chi connectivity index (χ2v) is 4.38. The van der Waals surface area contributed by atoms with Gasteiger partial charge in [0.2, 0.25) is 0 Å². The molecular formula is C12H10BrF2N3. The first-order valence-corrected chi connectivity index (χ1v) is 6.14. The summed E-state index contributed by atoms with van der Waals surface area (Å²) in [7, 11) is 0. The first-order chi connectivity index (χ1) is 8.60. The molecule has 0 bridgehead atoms. The molecule has 1 aromatic heterocycles. The molecule has 0 aliphatic rings. The van der Waals surface area contributed by atoms with Gasteiger partial charge >= 0.3 is 0 Å². The van der Waals surface area contributed by atoms with Crippen LogP contribution in [0.2, 0.25) is 0 Å². The number of halogens is 3. The zero-order valence-electron chi connectivity index (χ0n) is 9.54. The summed E-state index contributed by atoms with van der Waals surface area (Å²) in [6.07, 6.45) is 0.653. The lowest BCUT2D eigenvalue weighted by molar-refractivity contribution is 0.511. The number of benzene rings is 1.